The van der Waals surface area contributed by atoms with Crippen LogP contribution in [0.15, 0.2) is 18.2 Å². The first-order valence-electron chi connectivity index (χ1n) is 7.24. The van der Waals surface area contributed by atoms with E-state index in [1.54, 1.807) is 13.1 Å². The van der Waals surface area contributed by atoms with E-state index >= 15 is 0 Å². The lowest BCUT2D eigenvalue weighted by Crippen LogP contribution is -2.13. The van der Waals surface area contributed by atoms with Gasteiger partial charge in [0.1, 0.15) is 5.69 Å². The van der Waals surface area contributed by atoms with Crippen LogP contribution < -0.4 is 5.32 Å². The Morgan fingerprint density at radius 1 is 1.35 bits per heavy atom. The molecule has 0 aromatic heterocycles. The van der Waals surface area contributed by atoms with Gasteiger partial charge in [0, 0.05) is 25.3 Å². The molecule has 1 fully saturated rings. The Bertz CT molecular complexity index is 456. The Hall–Kier alpha value is -1.62. The van der Waals surface area contributed by atoms with Crippen molar-refractivity contribution in [1.29, 1.82) is 0 Å². The smallest absolute Gasteiger partial charge is 0.292 e. The first-order valence-corrected chi connectivity index (χ1v) is 7.24. The third kappa shape index (κ3) is 3.70. The number of rotatable bonds is 6. The zero-order valence-corrected chi connectivity index (χ0v) is 11.9. The number of hydrogen-bond donors (Lipinski definition) is 1. The molecule has 1 aromatic rings. The minimum absolute atomic E-state index is 0.103. The first kappa shape index (κ1) is 14.8. The molecule has 1 aliphatic rings. The average molecular weight is 278 g/mol. The second kappa shape index (κ2) is 7.24. The van der Waals surface area contributed by atoms with Crippen LogP contribution >= 0.6 is 0 Å². The molecule has 1 saturated carbocycles. The fourth-order valence-electron chi connectivity index (χ4n) is 2.84. The molecule has 0 heterocycles. The molecule has 5 nitrogen and oxygen atoms in total. The summed E-state index contributed by atoms with van der Waals surface area (Å²) in [4.78, 5) is 10.6. The molecule has 0 unspecified atom stereocenters. The first-order chi connectivity index (χ1) is 9.72. The predicted molar refractivity (Wildman–Crippen MR) is 78.9 cm³/mol. The summed E-state index contributed by atoms with van der Waals surface area (Å²) >= 11 is 0. The van der Waals surface area contributed by atoms with Gasteiger partial charge >= 0.3 is 0 Å². The molecular formula is C15H22N2O3. The Labute approximate surface area is 119 Å². The average Bonchev–Trinajstić information content (AvgIpc) is 2.48. The van der Waals surface area contributed by atoms with E-state index in [9.17, 15) is 10.1 Å². The van der Waals surface area contributed by atoms with Crippen molar-refractivity contribution >= 4 is 11.4 Å². The highest BCUT2D eigenvalue weighted by molar-refractivity contribution is 5.65. The van der Waals surface area contributed by atoms with Crippen molar-refractivity contribution in [3.05, 3.63) is 33.9 Å². The van der Waals surface area contributed by atoms with Crippen molar-refractivity contribution in [3.8, 4) is 0 Å². The van der Waals surface area contributed by atoms with Crippen LogP contribution in [0, 0.1) is 16.0 Å². The summed E-state index contributed by atoms with van der Waals surface area (Å²) < 4.78 is 5.77. The molecule has 0 atom stereocenters. The Kier molecular flexibility index (Phi) is 5.35. The molecule has 0 saturated heterocycles. The van der Waals surface area contributed by atoms with E-state index in [4.69, 9.17) is 4.74 Å². The molecule has 0 spiro atoms. The molecule has 0 amide bonds. The van der Waals surface area contributed by atoms with E-state index in [1.165, 1.54) is 38.2 Å². The van der Waals surface area contributed by atoms with Crippen LogP contribution in [-0.2, 0) is 11.3 Å². The molecule has 0 radical (unpaired) electrons. The van der Waals surface area contributed by atoms with Gasteiger partial charge in [-0.05, 0) is 18.8 Å². The van der Waals surface area contributed by atoms with Crippen LogP contribution in [0.5, 0.6) is 0 Å². The summed E-state index contributed by atoms with van der Waals surface area (Å²) in [6.07, 6.45) is 6.42. The van der Waals surface area contributed by atoms with Crippen LogP contribution in [0.2, 0.25) is 0 Å². The van der Waals surface area contributed by atoms with Crippen LogP contribution in [0.3, 0.4) is 0 Å². The van der Waals surface area contributed by atoms with Crippen LogP contribution in [0.25, 0.3) is 0 Å². The minimum atomic E-state index is -0.365. The number of nitro groups is 1. The van der Waals surface area contributed by atoms with Gasteiger partial charge in [0.25, 0.3) is 5.69 Å². The highest BCUT2D eigenvalue weighted by atomic mass is 16.6. The highest BCUT2D eigenvalue weighted by Crippen LogP contribution is 2.29. The zero-order valence-electron chi connectivity index (χ0n) is 11.9. The van der Waals surface area contributed by atoms with Gasteiger partial charge in [-0.2, -0.15) is 0 Å². The number of para-hydroxylation sites is 1. The van der Waals surface area contributed by atoms with E-state index in [1.807, 2.05) is 6.07 Å². The van der Waals surface area contributed by atoms with Gasteiger partial charge in [0.05, 0.1) is 11.5 Å². The van der Waals surface area contributed by atoms with Crippen molar-refractivity contribution in [2.24, 2.45) is 5.92 Å². The maximum Gasteiger partial charge on any atom is 0.292 e. The Balaban J connectivity index is 1.94. The quantitative estimate of drug-likeness (QED) is 0.636. The number of benzene rings is 1. The van der Waals surface area contributed by atoms with Gasteiger partial charge in [-0.3, -0.25) is 10.1 Å². The summed E-state index contributed by atoms with van der Waals surface area (Å²) in [5.41, 5.74) is 1.50. The van der Waals surface area contributed by atoms with Gasteiger partial charge in [0.2, 0.25) is 0 Å². The third-order valence-electron chi connectivity index (χ3n) is 3.91. The number of anilines is 1. The van der Waals surface area contributed by atoms with E-state index in [0.29, 0.717) is 18.2 Å². The normalized spacial score (nSPS) is 16.1. The maximum atomic E-state index is 11.0. The summed E-state index contributed by atoms with van der Waals surface area (Å²) in [5.74, 6) is 0.653. The van der Waals surface area contributed by atoms with Crippen molar-refractivity contribution < 1.29 is 9.66 Å². The van der Waals surface area contributed by atoms with E-state index < -0.39 is 0 Å². The molecule has 1 N–H and O–H groups in total. The van der Waals surface area contributed by atoms with E-state index in [0.717, 1.165) is 12.2 Å². The van der Waals surface area contributed by atoms with Gasteiger partial charge < -0.3 is 10.1 Å². The van der Waals surface area contributed by atoms with Gasteiger partial charge in [-0.25, -0.2) is 0 Å². The van der Waals surface area contributed by atoms with E-state index in [2.05, 4.69) is 5.32 Å². The molecule has 110 valence electrons. The summed E-state index contributed by atoms with van der Waals surface area (Å²) in [5, 5.41) is 13.9. The highest BCUT2D eigenvalue weighted by Gasteiger charge is 2.17. The predicted octanol–water partition coefficient (Wildman–Crippen LogP) is 3.73. The maximum absolute atomic E-state index is 11.0. The number of ether oxygens (including phenoxy) is 1. The fraction of sp³-hybridized carbons (Fsp3) is 0.600. The fourth-order valence-corrected chi connectivity index (χ4v) is 2.84. The number of hydrogen-bond acceptors (Lipinski definition) is 4. The SMILES string of the molecule is CNc1c(COCC2CCCCC2)cccc1[N+](=O)[O-]. The molecule has 20 heavy (non-hydrogen) atoms. The Morgan fingerprint density at radius 2 is 2.10 bits per heavy atom. The summed E-state index contributed by atoms with van der Waals surface area (Å²) in [7, 11) is 1.70. The van der Waals surface area contributed by atoms with Gasteiger partial charge in [-0.1, -0.05) is 31.4 Å². The molecule has 1 aromatic carbocycles. The summed E-state index contributed by atoms with van der Waals surface area (Å²) in [6, 6.07) is 5.09. The van der Waals surface area contributed by atoms with Crippen LogP contribution in [0.1, 0.15) is 37.7 Å². The molecule has 2 rings (SSSR count). The molecule has 1 aliphatic carbocycles. The van der Waals surface area contributed by atoms with E-state index in [-0.39, 0.29) is 10.6 Å². The lowest BCUT2D eigenvalue weighted by Gasteiger charge is -2.21. The van der Waals surface area contributed by atoms with Crippen LogP contribution in [0.4, 0.5) is 11.4 Å². The second-order valence-electron chi connectivity index (χ2n) is 5.34. The number of nitrogens with zero attached hydrogens (tertiary/aromatic N) is 1. The number of nitrogens with one attached hydrogen (secondary N) is 1. The van der Waals surface area contributed by atoms with Crippen molar-refractivity contribution in [2.45, 2.75) is 38.7 Å². The standard InChI is InChI=1S/C15H22N2O3/c1-16-15-13(8-5-9-14(15)17(18)19)11-20-10-12-6-3-2-4-7-12/h5,8-9,12,16H,2-4,6-7,10-11H2,1H3. The van der Waals surface area contributed by atoms with Crippen LogP contribution in [-0.4, -0.2) is 18.6 Å². The second-order valence-corrected chi connectivity index (χ2v) is 5.34. The van der Waals surface area contributed by atoms with Crippen molar-refractivity contribution in [2.75, 3.05) is 19.0 Å². The van der Waals surface area contributed by atoms with Crippen molar-refractivity contribution in [3.63, 3.8) is 0 Å². The lowest BCUT2D eigenvalue weighted by atomic mass is 9.90. The summed E-state index contributed by atoms with van der Waals surface area (Å²) in [6.45, 7) is 1.18. The molecule has 0 aliphatic heterocycles. The van der Waals surface area contributed by atoms with Gasteiger partial charge in [-0.15, -0.1) is 0 Å². The monoisotopic (exact) mass is 278 g/mol. The molecule has 5 heteroatoms. The lowest BCUT2D eigenvalue weighted by molar-refractivity contribution is -0.384. The minimum Gasteiger partial charge on any atom is -0.382 e. The largest absolute Gasteiger partial charge is 0.382 e. The zero-order chi connectivity index (χ0) is 14.4. The van der Waals surface area contributed by atoms with Gasteiger partial charge in [0.15, 0.2) is 0 Å². The molecule has 0 bridgehead atoms. The third-order valence-corrected chi connectivity index (χ3v) is 3.91. The molecular weight excluding hydrogens is 256 g/mol. The number of nitro benzene ring substituents is 1. The topological polar surface area (TPSA) is 64.4 Å². The Morgan fingerprint density at radius 3 is 2.75 bits per heavy atom. The van der Waals surface area contributed by atoms with Crippen molar-refractivity contribution in [1.82, 2.24) is 0 Å².